The lowest BCUT2D eigenvalue weighted by atomic mass is 9.92. The van der Waals surface area contributed by atoms with Crippen LogP contribution >= 0.6 is 0 Å². The molecular weight excluding hydrogens is 276 g/mol. The van der Waals surface area contributed by atoms with Crippen molar-refractivity contribution in [3.05, 3.63) is 35.8 Å². The van der Waals surface area contributed by atoms with Gasteiger partial charge >= 0.3 is 0 Å². The third kappa shape index (κ3) is 2.29. The van der Waals surface area contributed by atoms with E-state index in [0.29, 0.717) is 12.0 Å². The number of hydrogen-bond acceptors (Lipinski definition) is 3. The fraction of sp³-hybridized carbons (Fsp3) is 0.529. The molecule has 3 heterocycles. The van der Waals surface area contributed by atoms with Crippen LogP contribution in [0.2, 0.25) is 0 Å². The molecule has 1 atom stereocenters. The molecule has 2 aliphatic rings. The third-order valence-electron chi connectivity index (χ3n) is 5.30. The van der Waals surface area contributed by atoms with Crippen LogP contribution < -0.4 is 10.6 Å². The average Bonchev–Trinajstić information content (AvgIpc) is 3.04. The first-order valence-electron chi connectivity index (χ1n) is 8.10. The summed E-state index contributed by atoms with van der Waals surface area (Å²) < 4.78 is 2.06. The number of aromatic nitrogens is 2. The molecule has 1 spiro atoms. The summed E-state index contributed by atoms with van der Waals surface area (Å²) in [4.78, 5) is 16.9. The minimum atomic E-state index is 0.204. The van der Waals surface area contributed by atoms with Gasteiger partial charge in [0.15, 0.2) is 0 Å². The number of nitrogens with zero attached hydrogens (tertiary/aromatic N) is 2. The second kappa shape index (κ2) is 5.09. The molecule has 0 bridgehead atoms. The van der Waals surface area contributed by atoms with Gasteiger partial charge in [0.25, 0.3) is 0 Å². The zero-order chi connectivity index (χ0) is 15.2. The van der Waals surface area contributed by atoms with Crippen molar-refractivity contribution in [3.8, 4) is 0 Å². The van der Waals surface area contributed by atoms with Crippen molar-refractivity contribution in [1.82, 2.24) is 20.0 Å². The molecule has 1 saturated carbocycles. The molecule has 2 fully saturated rings. The van der Waals surface area contributed by atoms with E-state index in [2.05, 4.69) is 33.0 Å². The second-order valence-electron chi connectivity index (χ2n) is 6.71. The normalized spacial score (nSPS) is 22.9. The molecule has 5 nitrogen and oxygen atoms in total. The summed E-state index contributed by atoms with van der Waals surface area (Å²) in [6, 6.07) is 6.05. The number of rotatable bonds is 3. The Morgan fingerprint density at radius 2 is 2.27 bits per heavy atom. The second-order valence-corrected chi connectivity index (χ2v) is 6.71. The average molecular weight is 298 g/mol. The van der Waals surface area contributed by atoms with E-state index in [1.54, 1.807) is 0 Å². The van der Waals surface area contributed by atoms with Crippen LogP contribution in [-0.4, -0.2) is 28.4 Å². The van der Waals surface area contributed by atoms with E-state index in [9.17, 15) is 4.79 Å². The molecule has 1 amide bonds. The van der Waals surface area contributed by atoms with Gasteiger partial charge in [0.05, 0.1) is 12.2 Å². The maximum atomic E-state index is 12.4. The highest BCUT2D eigenvalue weighted by Crippen LogP contribution is 2.58. The zero-order valence-corrected chi connectivity index (χ0v) is 12.9. The van der Waals surface area contributed by atoms with Crippen molar-refractivity contribution in [3.63, 3.8) is 0 Å². The summed E-state index contributed by atoms with van der Waals surface area (Å²) in [5, 5.41) is 6.45. The predicted molar refractivity (Wildman–Crippen MR) is 84.4 cm³/mol. The molecule has 0 radical (unpaired) electrons. The van der Waals surface area contributed by atoms with Gasteiger partial charge in [0.1, 0.15) is 5.65 Å². The number of carbonyl (C=O) groups is 1. The van der Waals surface area contributed by atoms with Crippen LogP contribution in [0.3, 0.4) is 0 Å². The molecular formula is C17H22N4O. The number of fused-ring (bicyclic) bond motifs is 1. The van der Waals surface area contributed by atoms with Crippen molar-refractivity contribution in [2.45, 2.75) is 32.7 Å². The van der Waals surface area contributed by atoms with E-state index in [-0.39, 0.29) is 11.8 Å². The van der Waals surface area contributed by atoms with Crippen LogP contribution in [0, 0.1) is 18.3 Å². The summed E-state index contributed by atoms with van der Waals surface area (Å²) in [6.07, 6.45) is 5.35. The largest absolute Gasteiger partial charge is 0.350 e. The highest BCUT2D eigenvalue weighted by molar-refractivity contribution is 5.82. The first-order chi connectivity index (χ1) is 10.7. The number of nitrogens with one attached hydrogen (secondary N) is 2. The lowest BCUT2D eigenvalue weighted by Crippen LogP contribution is -2.33. The van der Waals surface area contributed by atoms with E-state index < -0.39 is 0 Å². The third-order valence-corrected chi connectivity index (χ3v) is 5.30. The first-order valence-corrected chi connectivity index (χ1v) is 8.10. The van der Waals surface area contributed by atoms with Gasteiger partial charge in [-0.05, 0) is 56.8 Å². The van der Waals surface area contributed by atoms with Crippen molar-refractivity contribution in [2.24, 2.45) is 11.3 Å². The molecule has 1 saturated heterocycles. The number of piperidine rings is 1. The number of amides is 1. The molecule has 116 valence electrons. The summed E-state index contributed by atoms with van der Waals surface area (Å²) in [5.41, 5.74) is 3.30. The topological polar surface area (TPSA) is 58.4 Å². The molecule has 22 heavy (non-hydrogen) atoms. The summed E-state index contributed by atoms with van der Waals surface area (Å²) in [6.45, 7) is 4.68. The molecule has 2 aromatic rings. The number of hydrogen-bond donors (Lipinski definition) is 2. The smallest absolute Gasteiger partial charge is 0.224 e. The van der Waals surface area contributed by atoms with Gasteiger partial charge in [0.2, 0.25) is 5.91 Å². The summed E-state index contributed by atoms with van der Waals surface area (Å²) >= 11 is 0. The van der Waals surface area contributed by atoms with Crippen molar-refractivity contribution in [2.75, 3.05) is 13.1 Å². The van der Waals surface area contributed by atoms with Crippen molar-refractivity contribution < 1.29 is 4.79 Å². The fourth-order valence-corrected chi connectivity index (χ4v) is 3.78. The molecule has 1 aliphatic carbocycles. The van der Waals surface area contributed by atoms with Gasteiger partial charge in [-0.25, -0.2) is 4.98 Å². The predicted octanol–water partition coefficient (Wildman–Crippen LogP) is 1.65. The van der Waals surface area contributed by atoms with Crippen LogP contribution in [0.15, 0.2) is 24.4 Å². The van der Waals surface area contributed by atoms with E-state index in [0.717, 1.165) is 49.4 Å². The van der Waals surface area contributed by atoms with E-state index in [1.165, 1.54) is 0 Å². The Morgan fingerprint density at radius 1 is 1.45 bits per heavy atom. The molecule has 0 aromatic carbocycles. The number of pyridine rings is 1. The Kier molecular flexibility index (Phi) is 3.18. The SMILES string of the molecule is Cc1cccc2nc(CNC(=O)C3CC34CCNCC4)cn12. The van der Waals surface area contributed by atoms with Crippen LogP contribution in [-0.2, 0) is 11.3 Å². The van der Waals surface area contributed by atoms with E-state index >= 15 is 0 Å². The lowest BCUT2D eigenvalue weighted by molar-refractivity contribution is -0.123. The Bertz CT molecular complexity index is 715. The van der Waals surface area contributed by atoms with Crippen molar-refractivity contribution in [1.29, 1.82) is 0 Å². The summed E-state index contributed by atoms with van der Waals surface area (Å²) in [7, 11) is 0. The van der Waals surface area contributed by atoms with Gasteiger partial charge in [-0.15, -0.1) is 0 Å². The van der Waals surface area contributed by atoms with Gasteiger partial charge in [-0.3, -0.25) is 4.79 Å². The maximum absolute atomic E-state index is 12.4. The monoisotopic (exact) mass is 298 g/mol. The fourth-order valence-electron chi connectivity index (χ4n) is 3.78. The van der Waals surface area contributed by atoms with Crippen LogP contribution in [0.1, 0.15) is 30.7 Å². The highest BCUT2D eigenvalue weighted by atomic mass is 16.2. The molecule has 2 N–H and O–H groups in total. The van der Waals surface area contributed by atoms with Gasteiger partial charge in [-0.1, -0.05) is 6.07 Å². The zero-order valence-electron chi connectivity index (χ0n) is 12.9. The van der Waals surface area contributed by atoms with Crippen molar-refractivity contribution >= 4 is 11.6 Å². The molecule has 5 heteroatoms. The lowest BCUT2D eigenvalue weighted by Gasteiger charge is -2.23. The number of carbonyl (C=O) groups excluding carboxylic acids is 1. The van der Waals surface area contributed by atoms with Crippen LogP contribution in [0.4, 0.5) is 0 Å². The first kappa shape index (κ1) is 13.8. The van der Waals surface area contributed by atoms with Gasteiger partial charge in [0, 0.05) is 17.8 Å². The summed E-state index contributed by atoms with van der Waals surface area (Å²) in [5.74, 6) is 0.420. The molecule has 2 aromatic heterocycles. The van der Waals surface area contributed by atoms with E-state index in [1.807, 2.05) is 18.3 Å². The Labute approximate surface area is 130 Å². The quantitative estimate of drug-likeness (QED) is 0.906. The highest BCUT2D eigenvalue weighted by Gasteiger charge is 2.57. The maximum Gasteiger partial charge on any atom is 0.224 e. The molecule has 1 unspecified atom stereocenters. The molecule has 1 aliphatic heterocycles. The van der Waals surface area contributed by atoms with E-state index in [4.69, 9.17) is 0 Å². The standard InChI is InChI=1S/C17H22N4O/c1-12-3-2-4-15-20-13(11-21(12)15)10-19-16(22)14-9-17(14)5-7-18-8-6-17/h2-4,11,14,18H,5-10H2,1H3,(H,19,22). The minimum absolute atomic E-state index is 0.204. The Hall–Kier alpha value is -1.88. The Morgan fingerprint density at radius 3 is 3.05 bits per heavy atom. The molecule has 4 rings (SSSR count). The van der Waals surface area contributed by atoms with Gasteiger partial charge < -0.3 is 15.0 Å². The van der Waals surface area contributed by atoms with Crippen LogP contribution in [0.5, 0.6) is 0 Å². The Balaban J connectivity index is 1.40. The minimum Gasteiger partial charge on any atom is -0.350 e. The van der Waals surface area contributed by atoms with Gasteiger partial charge in [-0.2, -0.15) is 0 Å². The number of imidazole rings is 1. The van der Waals surface area contributed by atoms with Crippen LogP contribution in [0.25, 0.3) is 5.65 Å². The number of aryl methyl sites for hydroxylation is 1.